The highest BCUT2D eigenvalue weighted by molar-refractivity contribution is 5.94. The minimum absolute atomic E-state index is 0.103. The fourth-order valence-corrected chi connectivity index (χ4v) is 3.72. The first-order valence-corrected chi connectivity index (χ1v) is 9.87. The number of hydrogen-bond acceptors (Lipinski definition) is 4. The van der Waals surface area contributed by atoms with Crippen LogP contribution in [0, 0.1) is 6.92 Å². The van der Waals surface area contributed by atoms with Crippen molar-refractivity contribution in [2.24, 2.45) is 0 Å². The summed E-state index contributed by atoms with van der Waals surface area (Å²) >= 11 is 0. The molecule has 7 heteroatoms. The summed E-state index contributed by atoms with van der Waals surface area (Å²) in [4.78, 5) is 44.3. The van der Waals surface area contributed by atoms with Crippen molar-refractivity contribution < 1.29 is 4.79 Å². The van der Waals surface area contributed by atoms with E-state index in [1.807, 2.05) is 32.0 Å². The molecule has 2 N–H and O–H groups in total. The Labute approximate surface area is 172 Å². The quantitative estimate of drug-likeness (QED) is 0.536. The Balaban J connectivity index is 1.50. The number of nitrogens with one attached hydrogen (secondary N) is 2. The summed E-state index contributed by atoms with van der Waals surface area (Å²) in [6.07, 6.45) is 2.26. The van der Waals surface area contributed by atoms with Crippen LogP contribution in [0.3, 0.4) is 0 Å². The molecule has 7 nitrogen and oxygen atoms in total. The zero-order valence-corrected chi connectivity index (χ0v) is 16.9. The van der Waals surface area contributed by atoms with Gasteiger partial charge >= 0.3 is 0 Å². The molecule has 0 fully saturated rings. The number of para-hydroxylation sites is 1. The summed E-state index contributed by atoms with van der Waals surface area (Å²) in [6, 6.07) is 12.6. The molecule has 0 saturated carbocycles. The maximum absolute atomic E-state index is 12.5. The molecule has 0 saturated heterocycles. The Morgan fingerprint density at radius 3 is 2.73 bits per heavy atom. The lowest BCUT2D eigenvalue weighted by molar-refractivity contribution is -0.116. The molecule has 4 rings (SSSR count). The number of rotatable bonds is 5. The third-order valence-electron chi connectivity index (χ3n) is 5.35. The van der Waals surface area contributed by atoms with E-state index in [1.165, 1.54) is 10.9 Å². The third kappa shape index (κ3) is 3.61. The van der Waals surface area contributed by atoms with Crippen molar-refractivity contribution >= 4 is 33.4 Å². The van der Waals surface area contributed by atoms with E-state index in [1.54, 1.807) is 24.3 Å². The lowest BCUT2D eigenvalue weighted by Crippen LogP contribution is -2.23. The van der Waals surface area contributed by atoms with Crippen molar-refractivity contribution in [1.29, 1.82) is 0 Å². The maximum atomic E-state index is 12.5. The summed E-state index contributed by atoms with van der Waals surface area (Å²) in [5.41, 5.74) is 3.37. The molecule has 0 bridgehead atoms. The molecule has 0 aliphatic carbocycles. The molecule has 2 heterocycles. The summed E-state index contributed by atoms with van der Waals surface area (Å²) in [6.45, 7) is 4.12. The predicted octanol–water partition coefficient (Wildman–Crippen LogP) is 3.14. The van der Waals surface area contributed by atoms with E-state index in [4.69, 9.17) is 0 Å². The van der Waals surface area contributed by atoms with Crippen LogP contribution in [0.4, 0.5) is 5.69 Å². The number of amides is 1. The van der Waals surface area contributed by atoms with E-state index in [0.717, 1.165) is 16.5 Å². The van der Waals surface area contributed by atoms with Crippen molar-refractivity contribution in [3.05, 3.63) is 80.6 Å². The molecule has 4 aromatic rings. The number of fused-ring (bicyclic) bond motifs is 2. The third-order valence-corrected chi connectivity index (χ3v) is 5.35. The highest BCUT2D eigenvalue weighted by Gasteiger charge is 2.10. The molecule has 1 amide bonds. The number of aromatic amines is 1. The van der Waals surface area contributed by atoms with Crippen LogP contribution < -0.4 is 16.4 Å². The number of aryl methyl sites for hydroxylation is 2. The van der Waals surface area contributed by atoms with E-state index in [0.29, 0.717) is 28.5 Å². The van der Waals surface area contributed by atoms with E-state index < -0.39 is 0 Å². The van der Waals surface area contributed by atoms with Crippen LogP contribution in [0.5, 0.6) is 0 Å². The Bertz CT molecular complexity index is 1390. The number of carbonyl (C=O) groups excluding carboxylic acids is 1. The normalized spacial score (nSPS) is 11.1. The van der Waals surface area contributed by atoms with E-state index >= 15 is 0 Å². The second-order valence-corrected chi connectivity index (χ2v) is 7.23. The number of H-pyrrole nitrogens is 1. The molecular formula is C23H22N4O3. The van der Waals surface area contributed by atoms with Crippen LogP contribution in [0.15, 0.2) is 58.4 Å². The van der Waals surface area contributed by atoms with Crippen molar-refractivity contribution in [3.8, 4) is 0 Å². The van der Waals surface area contributed by atoms with Gasteiger partial charge < -0.3 is 10.3 Å². The first-order valence-electron chi connectivity index (χ1n) is 9.87. The summed E-state index contributed by atoms with van der Waals surface area (Å²) < 4.78 is 1.44. The van der Waals surface area contributed by atoms with Gasteiger partial charge in [-0.3, -0.25) is 19.0 Å². The fourth-order valence-electron chi connectivity index (χ4n) is 3.72. The van der Waals surface area contributed by atoms with Crippen LogP contribution in [0.25, 0.3) is 21.8 Å². The average Bonchev–Trinajstić information content (AvgIpc) is 2.73. The molecule has 30 heavy (non-hydrogen) atoms. The van der Waals surface area contributed by atoms with Crippen molar-refractivity contribution in [2.45, 2.75) is 33.2 Å². The van der Waals surface area contributed by atoms with Gasteiger partial charge in [0.25, 0.3) is 11.1 Å². The van der Waals surface area contributed by atoms with Crippen LogP contribution in [-0.4, -0.2) is 20.4 Å². The number of aromatic nitrogens is 3. The van der Waals surface area contributed by atoms with Gasteiger partial charge in [0, 0.05) is 29.6 Å². The minimum Gasteiger partial charge on any atom is -0.326 e. The molecule has 2 aromatic carbocycles. The topological polar surface area (TPSA) is 96.8 Å². The fraction of sp³-hybridized carbons (Fsp3) is 0.217. The van der Waals surface area contributed by atoms with Gasteiger partial charge in [-0.25, -0.2) is 4.98 Å². The molecule has 0 aliphatic rings. The summed E-state index contributed by atoms with van der Waals surface area (Å²) in [5, 5.41) is 4.32. The van der Waals surface area contributed by atoms with Gasteiger partial charge in [-0.05, 0) is 43.2 Å². The Morgan fingerprint density at radius 2 is 1.93 bits per heavy atom. The number of pyridine rings is 1. The Morgan fingerprint density at radius 1 is 1.13 bits per heavy atom. The van der Waals surface area contributed by atoms with Crippen LogP contribution in [0.2, 0.25) is 0 Å². The zero-order chi connectivity index (χ0) is 21.3. The van der Waals surface area contributed by atoms with Crippen molar-refractivity contribution in [3.63, 3.8) is 0 Å². The number of benzene rings is 2. The van der Waals surface area contributed by atoms with Gasteiger partial charge in [-0.15, -0.1) is 0 Å². The summed E-state index contributed by atoms with van der Waals surface area (Å²) in [7, 11) is 0. The monoisotopic (exact) mass is 402 g/mol. The van der Waals surface area contributed by atoms with Crippen molar-refractivity contribution in [2.75, 3.05) is 5.32 Å². The highest BCUT2D eigenvalue weighted by atomic mass is 16.2. The Hall–Kier alpha value is -3.74. The number of anilines is 1. The number of nitrogens with zero attached hydrogens (tertiary/aromatic N) is 2. The Kier molecular flexibility index (Phi) is 5.18. The van der Waals surface area contributed by atoms with Crippen LogP contribution in [-0.2, 0) is 17.8 Å². The molecule has 152 valence electrons. The lowest BCUT2D eigenvalue weighted by atomic mass is 10.0. The first-order chi connectivity index (χ1) is 14.5. The first kappa shape index (κ1) is 19.6. The van der Waals surface area contributed by atoms with E-state index in [2.05, 4.69) is 15.3 Å². The van der Waals surface area contributed by atoms with Gasteiger partial charge in [0.2, 0.25) is 5.91 Å². The maximum Gasteiger partial charge on any atom is 0.261 e. The molecular weight excluding hydrogens is 380 g/mol. The minimum atomic E-state index is -0.223. The second kappa shape index (κ2) is 7.94. The average molecular weight is 402 g/mol. The number of hydrogen-bond donors (Lipinski definition) is 2. The highest BCUT2D eigenvalue weighted by Crippen LogP contribution is 2.21. The van der Waals surface area contributed by atoms with Gasteiger partial charge in [0.05, 0.1) is 22.7 Å². The SMILES string of the molecule is CCc1c(C)c2ccc(NC(=O)CCn3cnc4ccccc4c3=O)cc2[nH]c1=O. The molecule has 0 radical (unpaired) electrons. The number of carbonyl (C=O) groups is 1. The lowest BCUT2D eigenvalue weighted by Gasteiger charge is -2.10. The molecule has 0 spiro atoms. The van der Waals surface area contributed by atoms with Crippen molar-refractivity contribution in [1.82, 2.24) is 14.5 Å². The predicted molar refractivity (Wildman–Crippen MR) is 118 cm³/mol. The molecule has 2 aromatic heterocycles. The standard InChI is InChI=1S/C23H22N4O3/c1-3-16-14(2)17-9-8-15(12-20(17)26-22(16)29)25-21(28)10-11-27-13-24-19-7-5-4-6-18(19)23(27)30/h4-9,12-13H,3,10-11H2,1-2H3,(H,25,28)(H,26,29). The van der Waals surface area contributed by atoms with Gasteiger partial charge in [-0.2, -0.15) is 0 Å². The smallest absolute Gasteiger partial charge is 0.261 e. The van der Waals surface area contributed by atoms with Gasteiger partial charge in [0.15, 0.2) is 0 Å². The van der Waals surface area contributed by atoms with E-state index in [-0.39, 0.29) is 30.0 Å². The zero-order valence-electron chi connectivity index (χ0n) is 16.9. The largest absolute Gasteiger partial charge is 0.326 e. The van der Waals surface area contributed by atoms with Crippen LogP contribution in [0.1, 0.15) is 24.5 Å². The van der Waals surface area contributed by atoms with Gasteiger partial charge in [-0.1, -0.05) is 25.1 Å². The van der Waals surface area contributed by atoms with Crippen LogP contribution >= 0.6 is 0 Å². The van der Waals surface area contributed by atoms with E-state index in [9.17, 15) is 14.4 Å². The van der Waals surface area contributed by atoms with Gasteiger partial charge in [0.1, 0.15) is 0 Å². The molecule has 0 atom stereocenters. The molecule has 0 aliphatic heterocycles. The second-order valence-electron chi connectivity index (χ2n) is 7.23. The molecule has 0 unspecified atom stereocenters. The summed E-state index contributed by atoms with van der Waals surface area (Å²) in [5.74, 6) is -0.223.